The van der Waals surface area contributed by atoms with Gasteiger partial charge in [0.1, 0.15) is 0 Å². The van der Waals surface area contributed by atoms with Crippen LogP contribution < -0.4 is 0 Å². The number of rotatable bonds is 3. The molecule has 1 nitrogen and oxygen atoms in total. The molecule has 0 aliphatic carbocycles. The molecule has 1 fully saturated rings. The van der Waals surface area contributed by atoms with Crippen molar-refractivity contribution in [1.29, 1.82) is 0 Å². The number of thioether (sulfide) groups is 2. The molecule has 2 heterocycles. The van der Waals surface area contributed by atoms with Crippen molar-refractivity contribution in [3.63, 3.8) is 0 Å². The van der Waals surface area contributed by atoms with Gasteiger partial charge in [-0.25, -0.2) is 0 Å². The van der Waals surface area contributed by atoms with Crippen LogP contribution in [0.25, 0.3) is 0 Å². The first-order valence-corrected chi connectivity index (χ1v) is 8.39. The average molecular weight is 265 g/mol. The minimum atomic E-state index is 0.767. The van der Waals surface area contributed by atoms with E-state index in [-0.39, 0.29) is 0 Å². The minimum absolute atomic E-state index is 0.767. The van der Waals surface area contributed by atoms with Crippen LogP contribution in [-0.4, -0.2) is 41.3 Å². The summed E-state index contributed by atoms with van der Waals surface area (Å²) in [6, 6.07) is 9.70. The van der Waals surface area contributed by atoms with Gasteiger partial charge in [-0.3, -0.25) is 0 Å². The smallest absolute Gasteiger partial charge is 0.0263 e. The van der Waals surface area contributed by atoms with Crippen molar-refractivity contribution in [2.24, 2.45) is 0 Å². The zero-order valence-electron chi connectivity index (χ0n) is 10.3. The van der Waals surface area contributed by atoms with Crippen molar-refractivity contribution < 1.29 is 0 Å². The van der Waals surface area contributed by atoms with E-state index in [1.165, 1.54) is 35.8 Å². The zero-order valence-corrected chi connectivity index (χ0v) is 11.9. The molecule has 2 atom stereocenters. The second-order valence-corrected chi connectivity index (χ2v) is 7.50. The highest BCUT2D eigenvalue weighted by molar-refractivity contribution is 8.00. The molecule has 0 bridgehead atoms. The van der Waals surface area contributed by atoms with Gasteiger partial charge in [-0.1, -0.05) is 18.2 Å². The standard InChI is InChI=1S/C14H19NS2/c1-15(12-6-7-16-10-12)9-13-8-11-4-2-3-5-14(11)17-13/h2-5,12-13H,6-10H2,1H3. The van der Waals surface area contributed by atoms with Crippen LogP contribution in [0.15, 0.2) is 29.2 Å². The van der Waals surface area contributed by atoms with Crippen molar-refractivity contribution in [3.8, 4) is 0 Å². The van der Waals surface area contributed by atoms with Crippen LogP contribution in [-0.2, 0) is 6.42 Å². The third-order valence-electron chi connectivity index (χ3n) is 3.73. The predicted octanol–water partition coefficient (Wildman–Crippen LogP) is 3.14. The Morgan fingerprint density at radius 2 is 2.24 bits per heavy atom. The first kappa shape index (κ1) is 11.9. The minimum Gasteiger partial charge on any atom is -0.301 e. The van der Waals surface area contributed by atoms with Crippen LogP contribution in [0.3, 0.4) is 0 Å². The molecule has 2 unspecified atom stereocenters. The molecule has 0 N–H and O–H groups in total. The van der Waals surface area contributed by atoms with Gasteiger partial charge < -0.3 is 4.90 Å². The maximum Gasteiger partial charge on any atom is 0.0263 e. The number of benzene rings is 1. The van der Waals surface area contributed by atoms with E-state index < -0.39 is 0 Å². The van der Waals surface area contributed by atoms with Gasteiger partial charge in [0.2, 0.25) is 0 Å². The van der Waals surface area contributed by atoms with Crippen LogP contribution in [0.4, 0.5) is 0 Å². The molecule has 2 aliphatic heterocycles. The molecule has 0 radical (unpaired) electrons. The topological polar surface area (TPSA) is 3.24 Å². The van der Waals surface area contributed by atoms with E-state index in [9.17, 15) is 0 Å². The third kappa shape index (κ3) is 2.67. The first-order valence-electron chi connectivity index (χ1n) is 6.35. The SMILES string of the molecule is CN(CC1Cc2ccccc2S1)C1CCSC1. The Bertz CT molecular complexity index is 363. The monoisotopic (exact) mass is 265 g/mol. The lowest BCUT2D eigenvalue weighted by molar-refractivity contribution is 0.263. The number of nitrogens with zero attached hydrogens (tertiary/aromatic N) is 1. The van der Waals surface area contributed by atoms with Gasteiger partial charge in [-0.05, 0) is 37.3 Å². The lowest BCUT2D eigenvalue weighted by atomic mass is 10.1. The van der Waals surface area contributed by atoms with Gasteiger partial charge in [0.05, 0.1) is 0 Å². The second kappa shape index (κ2) is 5.25. The summed E-state index contributed by atoms with van der Waals surface area (Å²) in [6.45, 7) is 1.24. The van der Waals surface area contributed by atoms with Gasteiger partial charge in [-0.15, -0.1) is 11.8 Å². The summed E-state index contributed by atoms with van der Waals surface area (Å²) in [4.78, 5) is 4.09. The maximum atomic E-state index is 2.59. The Hall–Kier alpha value is -0.120. The number of hydrogen-bond acceptors (Lipinski definition) is 3. The van der Waals surface area contributed by atoms with Crippen molar-refractivity contribution in [3.05, 3.63) is 29.8 Å². The lowest BCUT2D eigenvalue weighted by Gasteiger charge is -2.26. The molecule has 1 aromatic carbocycles. The van der Waals surface area contributed by atoms with Crippen molar-refractivity contribution in [2.75, 3.05) is 25.1 Å². The Morgan fingerprint density at radius 3 is 3.00 bits per heavy atom. The molecular weight excluding hydrogens is 246 g/mol. The van der Waals surface area contributed by atoms with Crippen LogP contribution in [0, 0.1) is 0 Å². The van der Waals surface area contributed by atoms with Crippen LogP contribution in [0.2, 0.25) is 0 Å². The van der Waals surface area contributed by atoms with Crippen molar-refractivity contribution in [1.82, 2.24) is 4.90 Å². The van der Waals surface area contributed by atoms with E-state index in [2.05, 4.69) is 59.7 Å². The fraction of sp³-hybridized carbons (Fsp3) is 0.571. The summed E-state index contributed by atoms with van der Waals surface area (Å²) in [6.07, 6.45) is 2.64. The third-order valence-corrected chi connectivity index (χ3v) is 6.18. The summed E-state index contributed by atoms with van der Waals surface area (Å²) in [7, 11) is 2.31. The Morgan fingerprint density at radius 1 is 1.35 bits per heavy atom. The molecule has 92 valence electrons. The molecule has 2 aliphatic rings. The molecule has 0 amide bonds. The highest BCUT2D eigenvalue weighted by atomic mass is 32.2. The summed E-state index contributed by atoms with van der Waals surface area (Å²) < 4.78 is 0. The fourth-order valence-electron chi connectivity index (χ4n) is 2.70. The van der Waals surface area contributed by atoms with Crippen molar-refractivity contribution in [2.45, 2.75) is 29.0 Å². The predicted molar refractivity (Wildman–Crippen MR) is 78.2 cm³/mol. The fourth-order valence-corrected chi connectivity index (χ4v) is 5.39. The molecule has 0 saturated carbocycles. The van der Waals surface area contributed by atoms with Gasteiger partial charge in [0.25, 0.3) is 0 Å². The van der Waals surface area contributed by atoms with Crippen LogP contribution >= 0.6 is 23.5 Å². The number of fused-ring (bicyclic) bond motifs is 1. The molecule has 0 aromatic heterocycles. The normalized spacial score (nSPS) is 27.6. The zero-order chi connectivity index (χ0) is 11.7. The molecule has 1 aromatic rings. The molecule has 3 rings (SSSR count). The van der Waals surface area contributed by atoms with Gasteiger partial charge in [-0.2, -0.15) is 11.8 Å². The average Bonchev–Trinajstić information content (AvgIpc) is 2.97. The quantitative estimate of drug-likeness (QED) is 0.826. The largest absolute Gasteiger partial charge is 0.301 e. The lowest BCUT2D eigenvalue weighted by Crippen LogP contribution is -2.36. The maximum absolute atomic E-state index is 2.59. The summed E-state index contributed by atoms with van der Waals surface area (Å²) in [5.74, 6) is 2.69. The van der Waals surface area contributed by atoms with E-state index in [0.29, 0.717) is 0 Å². The highest BCUT2D eigenvalue weighted by Crippen LogP contribution is 2.37. The van der Waals surface area contributed by atoms with Crippen LogP contribution in [0.1, 0.15) is 12.0 Å². The Kier molecular flexibility index (Phi) is 3.69. The van der Waals surface area contributed by atoms with Crippen LogP contribution in [0.5, 0.6) is 0 Å². The highest BCUT2D eigenvalue weighted by Gasteiger charge is 2.26. The molecule has 1 saturated heterocycles. The van der Waals surface area contributed by atoms with Gasteiger partial charge >= 0.3 is 0 Å². The van der Waals surface area contributed by atoms with Gasteiger partial charge in [0, 0.05) is 28.5 Å². The van der Waals surface area contributed by atoms with E-state index in [1.54, 1.807) is 5.56 Å². The van der Waals surface area contributed by atoms with E-state index in [1.807, 2.05) is 0 Å². The molecule has 0 spiro atoms. The Balaban J connectivity index is 1.58. The van der Waals surface area contributed by atoms with Gasteiger partial charge in [0.15, 0.2) is 0 Å². The van der Waals surface area contributed by atoms with E-state index in [0.717, 1.165) is 11.3 Å². The molecule has 17 heavy (non-hydrogen) atoms. The number of hydrogen-bond donors (Lipinski definition) is 0. The second-order valence-electron chi connectivity index (χ2n) is 5.01. The summed E-state index contributed by atoms with van der Waals surface area (Å²) in [5.41, 5.74) is 1.55. The molecule has 3 heteroatoms. The summed E-state index contributed by atoms with van der Waals surface area (Å²) in [5, 5.41) is 0.767. The molecular formula is C14H19NS2. The Labute approximate surface area is 112 Å². The van der Waals surface area contributed by atoms with Crippen molar-refractivity contribution >= 4 is 23.5 Å². The first-order chi connectivity index (χ1) is 8.33. The summed E-state index contributed by atoms with van der Waals surface area (Å²) >= 11 is 4.18. The van der Waals surface area contributed by atoms with E-state index in [4.69, 9.17) is 0 Å². The van der Waals surface area contributed by atoms with E-state index >= 15 is 0 Å².